The molecule has 6 heteroatoms. The maximum atomic E-state index is 13.5. The summed E-state index contributed by atoms with van der Waals surface area (Å²) in [7, 11) is 0. The molecule has 1 amide bonds. The van der Waals surface area contributed by atoms with Crippen molar-refractivity contribution >= 4 is 17.4 Å². The van der Waals surface area contributed by atoms with Gasteiger partial charge in [-0.1, -0.05) is 0 Å². The Morgan fingerprint density at radius 3 is 2.41 bits per heavy atom. The average Bonchev–Trinajstić information content (AvgIpc) is 3.39. The number of aliphatic hydroxyl groups excluding tert-OH is 1. The first-order chi connectivity index (χ1) is 14.1. The quantitative estimate of drug-likeness (QED) is 0.848. The number of carbonyl (C=O) groups is 1. The molecule has 0 unspecified atom stereocenters. The second-order valence-electron chi connectivity index (χ2n) is 9.59. The molecular weight excluding hydrogens is 364 g/mol. The van der Waals surface area contributed by atoms with Crippen LogP contribution in [0.1, 0.15) is 57.8 Å². The zero-order chi connectivity index (χ0) is 19.8. The van der Waals surface area contributed by atoms with Crippen LogP contribution < -0.4 is 9.80 Å². The topological polar surface area (TPSA) is 59.9 Å². The summed E-state index contributed by atoms with van der Waals surface area (Å²) in [6.07, 6.45) is 11.0. The number of carbonyl (C=O) groups excluding carboxylic acids is 1. The van der Waals surface area contributed by atoms with E-state index in [1.165, 1.54) is 18.5 Å². The van der Waals surface area contributed by atoms with E-state index in [9.17, 15) is 9.90 Å². The van der Waals surface area contributed by atoms with Gasteiger partial charge >= 0.3 is 0 Å². The smallest absolute Gasteiger partial charge is 0.230 e. The van der Waals surface area contributed by atoms with Gasteiger partial charge in [-0.05, 0) is 69.9 Å². The van der Waals surface area contributed by atoms with Crippen LogP contribution in [0.25, 0.3) is 0 Å². The minimum absolute atomic E-state index is 0.169. The third kappa shape index (κ3) is 3.60. The van der Waals surface area contributed by atoms with Crippen molar-refractivity contribution < 1.29 is 9.90 Å². The number of anilines is 2. The van der Waals surface area contributed by atoms with E-state index in [0.29, 0.717) is 11.9 Å². The number of hydrogen-bond donors (Lipinski definition) is 1. The molecule has 4 heterocycles. The van der Waals surface area contributed by atoms with Crippen molar-refractivity contribution in [3.63, 3.8) is 0 Å². The van der Waals surface area contributed by atoms with Crippen molar-refractivity contribution in [2.45, 2.75) is 69.9 Å². The molecular formula is C23H34N4O2. The van der Waals surface area contributed by atoms with E-state index < -0.39 is 0 Å². The lowest BCUT2D eigenvalue weighted by Crippen LogP contribution is -2.50. The molecule has 1 N–H and O–H groups in total. The van der Waals surface area contributed by atoms with Crippen LogP contribution in [0.5, 0.6) is 0 Å². The highest BCUT2D eigenvalue weighted by Crippen LogP contribution is 2.43. The fraction of sp³-hybridized carbons (Fsp3) is 0.739. The summed E-state index contributed by atoms with van der Waals surface area (Å²) in [5.74, 6) is 1.37. The number of hydrogen-bond acceptors (Lipinski definition) is 5. The summed E-state index contributed by atoms with van der Waals surface area (Å²) in [6.45, 7) is 4.94. The van der Waals surface area contributed by atoms with Gasteiger partial charge in [0.05, 0.1) is 23.4 Å². The molecule has 1 atom stereocenters. The summed E-state index contributed by atoms with van der Waals surface area (Å²) >= 11 is 0. The van der Waals surface area contributed by atoms with E-state index in [-0.39, 0.29) is 11.5 Å². The lowest BCUT2D eigenvalue weighted by molar-refractivity contribution is -0.139. The van der Waals surface area contributed by atoms with Crippen molar-refractivity contribution in [1.82, 2.24) is 9.88 Å². The van der Waals surface area contributed by atoms with Gasteiger partial charge < -0.3 is 19.8 Å². The first kappa shape index (κ1) is 19.2. The Hall–Kier alpha value is -1.82. The molecule has 1 aliphatic carbocycles. The van der Waals surface area contributed by atoms with E-state index in [1.54, 1.807) is 0 Å². The number of aliphatic hydroxyl groups is 1. The van der Waals surface area contributed by atoms with Crippen LogP contribution in [0, 0.1) is 5.41 Å². The molecule has 4 fully saturated rings. The number of rotatable bonds is 3. The molecule has 0 radical (unpaired) electrons. The summed E-state index contributed by atoms with van der Waals surface area (Å²) in [4.78, 5) is 25.2. The molecule has 5 rings (SSSR count). The van der Waals surface area contributed by atoms with E-state index in [1.807, 2.05) is 6.20 Å². The van der Waals surface area contributed by atoms with Crippen molar-refractivity contribution in [2.24, 2.45) is 5.41 Å². The molecule has 0 aromatic carbocycles. The molecule has 4 aliphatic rings. The van der Waals surface area contributed by atoms with Crippen LogP contribution in [-0.2, 0) is 4.79 Å². The monoisotopic (exact) mass is 398 g/mol. The third-order valence-corrected chi connectivity index (χ3v) is 7.76. The van der Waals surface area contributed by atoms with Crippen LogP contribution >= 0.6 is 0 Å². The van der Waals surface area contributed by atoms with E-state index in [2.05, 4.69) is 26.8 Å². The van der Waals surface area contributed by atoms with Gasteiger partial charge in [0.15, 0.2) is 0 Å². The molecule has 1 aromatic heterocycles. The van der Waals surface area contributed by atoms with Gasteiger partial charge in [0.25, 0.3) is 0 Å². The van der Waals surface area contributed by atoms with Gasteiger partial charge in [-0.3, -0.25) is 4.79 Å². The van der Waals surface area contributed by atoms with Gasteiger partial charge in [-0.15, -0.1) is 0 Å². The Morgan fingerprint density at radius 2 is 1.69 bits per heavy atom. The van der Waals surface area contributed by atoms with Crippen molar-refractivity contribution in [3.8, 4) is 0 Å². The Bertz CT molecular complexity index is 725. The maximum absolute atomic E-state index is 13.5. The van der Waals surface area contributed by atoms with Crippen LogP contribution in [0.4, 0.5) is 11.5 Å². The summed E-state index contributed by atoms with van der Waals surface area (Å²) in [6, 6.07) is 4.68. The Labute approximate surface area is 173 Å². The molecule has 1 aromatic rings. The Kier molecular flexibility index (Phi) is 5.14. The second-order valence-corrected chi connectivity index (χ2v) is 9.59. The van der Waals surface area contributed by atoms with E-state index in [0.717, 1.165) is 83.5 Å². The number of aromatic nitrogens is 1. The summed E-state index contributed by atoms with van der Waals surface area (Å²) in [5.41, 5.74) is 0.990. The lowest BCUT2D eigenvalue weighted by atomic mass is 9.78. The van der Waals surface area contributed by atoms with Gasteiger partial charge in [0, 0.05) is 38.8 Å². The molecule has 3 aliphatic heterocycles. The largest absolute Gasteiger partial charge is 0.393 e. The molecule has 1 saturated carbocycles. The van der Waals surface area contributed by atoms with Crippen LogP contribution in [0.2, 0.25) is 0 Å². The fourth-order valence-electron chi connectivity index (χ4n) is 6.00. The summed E-state index contributed by atoms with van der Waals surface area (Å²) < 4.78 is 0. The second kappa shape index (κ2) is 7.78. The van der Waals surface area contributed by atoms with Gasteiger partial charge in [0.1, 0.15) is 5.82 Å². The fourth-order valence-corrected chi connectivity index (χ4v) is 6.00. The highest BCUT2D eigenvalue weighted by molar-refractivity contribution is 5.86. The third-order valence-electron chi connectivity index (χ3n) is 7.76. The zero-order valence-corrected chi connectivity index (χ0v) is 17.4. The SMILES string of the molecule is O=C1N(C2CCC(O)CC2)CC[C@]12CCCN(c1ccc(N3CCCC3)cn1)C2. The van der Waals surface area contributed by atoms with Gasteiger partial charge in [-0.25, -0.2) is 4.98 Å². The zero-order valence-electron chi connectivity index (χ0n) is 17.4. The number of piperidine rings is 1. The van der Waals surface area contributed by atoms with Crippen LogP contribution in [0.3, 0.4) is 0 Å². The van der Waals surface area contributed by atoms with Crippen molar-refractivity contribution in [1.29, 1.82) is 0 Å². The highest BCUT2D eigenvalue weighted by Gasteiger charge is 2.50. The highest BCUT2D eigenvalue weighted by atomic mass is 16.3. The number of nitrogens with zero attached hydrogens (tertiary/aromatic N) is 4. The standard InChI is InChI=1S/C23H34N4O2/c28-20-7-4-18(5-8-20)27-15-11-23(22(27)29)10-3-14-26(17-23)21-9-6-19(16-24-21)25-12-1-2-13-25/h6,9,16,18,20,28H,1-5,7-8,10-15,17H2/t18?,20?,23-/m0/s1. The first-order valence-electron chi connectivity index (χ1n) is 11.6. The van der Waals surface area contributed by atoms with Crippen LogP contribution in [-0.4, -0.2) is 65.8 Å². The van der Waals surface area contributed by atoms with Crippen molar-refractivity contribution in [3.05, 3.63) is 18.3 Å². The molecule has 6 nitrogen and oxygen atoms in total. The number of amides is 1. The summed E-state index contributed by atoms with van der Waals surface area (Å²) in [5, 5.41) is 9.81. The minimum atomic E-state index is -0.233. The molecule has 1 spiro atoms. The van der Waals surface area contributed by atoms with Gasteiger partial charge in [-0.2, -0.15) is 0 Å². The van der Waals surface area contributed by atoms with E-state index >= 15 is 0 Å². The molecule has 0 bridgehead atoms. The predicted molar refractivity (Wildman–Crippen MR) is 114 cm³/mol. The Balaban J connectivity index is 1.27. The Morgan fingerprint density at radius 1 is 0.931 bits per heavy atom. The average molecular weight is 399 g/mol. The molecule has 158 valence electrons. The van der Waals surface area contributed by atoms with Crippen LogP contribution in [0.15, 0.2) is 18.3 Å². The van der Waals surface area contributed by atoms with Crippen molar-refractivity contribution in [2.75, 3.05) is 42.5 Å². The molecule has 29 heavy (non-hydrogen) atoms. The first-order valence-corrected chi connectivity index (χ1v) is 11.6. The normalized spacial score (nSPS) is 33.1. The number of pyridine rings is 1. The lowest BCUT2D eigenvalue weighted by Gasteiger charge is -2.41. The van der Waals surface area contributed by atoms with E-state index in [4.69, 9.17) is 4.98 Å². The predicted octanol–water partition coefficient (Wildman–Crippen LogP) is 2.80. The molecule has 3 saturated heterocycles. The van der Waals surface area contributed by atoms with Gasteiger partial charge in [0.2, 0.25) is 5.91 Å². The number of likely N-dealkylation sites (tertiary alicyclic amines) is 1. The maximum Gasteiger partial charge on any atom is 0.230 e. The minimum Gasteiger partial charge on any atom is -0.393 e.